The van der Waals surface area contributed by atoms with Gasteiger partial charge in [-0.3, -0.25) is 19.6 Å². The predicted octanol–water partition coefficient (Wildman–Crippen LogP) is 2.60. The van der Waals surface area contributed by atoms with Crippen LogP contribution in [-0.4, -0.2) is 20.6 Å². The molecular weight excluding hydrogens is 305 g/mol. The van der Waals surface area contributed by atoms with Crippen molar-refractivity contribution < 1.29 is 22.9 Å². The number of carbonyl (C=O) groups excluding carboxylic acids is 1. The van der Waals surface area contributed by atoms with E-state index in [0.29, 0.717) is 10.7 Å². The van der Waals surface area contributed by atoms with Gasteiger partial charge < -0.3 is 5.32 Å². The number of para-hydroxylation sites is 1. The Morgan fingerprint density at radius 2 is 2.00 bits per heavy atom. The van der Waals surface area contributed by atoms with Gasteiger partial charge in [0.25, 0.3) is 11.6 Å². The second-order valence-corrected chi connectivity index (χ2v) is 4.26. The minimum absolute atomic E-state index is 0.272. The minimum Gasteiger partial charge on any atom is -0.305 e. The van der Waals surface area contributed by atoms with Crippen LogP contribution in [-0.2, 0) is 13.2 Å². The topological polar surface area (TPSA) is 90.1 Å². The quantitative estimate of drug-likeness (QED) is 0.696. The molecule has 10 heteroatoms. The molecule has 0 fully saturated rings. The van der Waals surface area contributed by atoms with E-state index in [-0.39, 0.29) is 11.4 Å². The number of nitrogens with zero attached hydrogens (tertiary/aromatic N) is 3. The zero-order valence-corrected chi connectivity index (χ0v) is 11.1. The number of hydrogen-bond acceptors (Lipinski definition) is 4. The van der Waals surface area contributed by atoms with Crippen molar-refractivity contribution in [3.05, 3.63) is 51.7 Å². The molecule has 1 aromatic carbocycles. The van der Waals surface area contributed by atoms with Crippen molar-refractivity contribution >= 4 is 17.4 Å². The van der Waals surface area contributed by atoms with E-state index in [2.05, 4.69) is 10.4 Å². The number of halogens is 3. The van der Waals surface area contributed by atoms with Gasteiger partial charge >= 0.3 is 6.18 Å². The van der Waals surface area contributed by atoms with Gasteiger partial charge in [-0.2, -0.15) is 18.3 Å². The van der Waals surface area contributed by atoms with Gasteiger partial charge in [-0.15, -0.1) is 0 Å². The number of carbonyl (C=O) groups is 1. The number of nitrogens with one attached hydrogen (secondary N) is 1. The molecule has 22 heavy (non-hydrogen) atoms. The molecule has 0 aliphatic rings. The van der Waals surface area contributed by atoms with Gasteiger partial charge in [0.1, 0.15) is 11.3 Å². The average molecular weight is 314 g/mol. The summed E-state index contributed by atoms with van der Waals surface area (Å²) in [4.78, 5) is 22.0. The SMILES string of the molecule is Cn1nc(NC(=O)c2ccccc2[N+](=O)[O-])cc1C(F)(F)F. The van der Waals surface area contributed by atoms with E-state index in [1.165, 1.54) is 18.2 Å². The number of benzene rings is 1. The van der Waals surface area contributed by atoms with Crippen LogP contribution in [0.15, 0.2) is 30.3 Å². The van der Waals surface area contributed by atoms with Crippen molar-refractivity contribution in [2.45, 2.75) is 6.18 Å². The molecule has 0 spiro atoms. The molecule has 0 bridgehead atoms. The second-order valence-electron chi connectivity index (χ2n) is 4.26. The number of hydrogen-bond donors (Lipinski definition) is 1. The van der Waals surface area contributed by atoms with Crippen LogP contribution < -0.4 is 5.32 Å². The van der Waals surface area contributed by atoms with Crippen molar-refractivity contribution in [2.24, 2.45) is 7.05 Å². The summed E-state index contributed by atoms with van der Waals surface area (Å²) in [6, 6.07) is 5.74. The lowest BCUT2D eigenvalue weighted by Crippen LogP contribution is -2.14. The highest BCUT2D eigenvalue weighted by molar-refractivity contribution is 6.06. The molecule has 0 radical (unpaired) electrons. The zero-order chi connectivity index (χ0) is 16.5. The van der Waals surface area contributed by atoms with Crippen LogP contribution in [0.1, 0.15) is 16.1 Å². The Kier molecular flexibility index (Phi) is 3.85. The summed E-state index contributed by atoms with van der Waals surface area (Å²) >= 11 is 0. The van der Waals surface area contributed by atoms with Crippen molar-refractivity contribution in [1.29, 1.82) is 0 Å². The first-order valence-electron chi connectivity index (χ1n) is 5.86. The highest BCUT2D eigenvalue weighted by Crippen LogP contribution is 2.30. The Hall–Kier alpha value is -2.91. The monoisotopic (exact) mass is 314 g/mol. The van der Waals surface area contributed by atoms with Crippen LogP contribution >= 0.6 is 0 Å². The molecule has 2 rings (SSSR count). The first kappa shape index (κ1) is 15.5. The maximum Gasteiger partial charge on any atom is 0.433 e. The molecule has 1 aromatic heterocycles. The third-order valence-corrected chi connectivity index (χ3v) is 2.76. The smallest absolute Gasteiger partial charge is 0.305 e. The highest BCUT2D eigenvalue weighted by Gasteiger charge is 2.35. The van der Waals surface area contributed by atoms with Crippen LogP contribution in [0, 0.1) is 10.1 Å². The number of aromatic nitrogens is 2. The van der Waals surface area contributed by atoms with Gasteiger partial charge in [0.2, 0.25) is 0 Å². The Balaban J connectivity index is 2.29. The summed E-state index contributed by atoms with van der Waals surface area (Å²) < 4.78 is 38.5. The van der Waals surface area contributed by atoms with Gasteiger partial charge in [-0.25, -0.2) is 0 Å². The summed E-state index contributed by atoms with van der Waals surface area (Å²) in [5.41, 5.74) is -1.77. The molecule has 1 N–H and O–H groups in total. The number of alkyl halides is 3. The van der Waals surface area contributed by atoms with E-state index in [1.54, 1.807) is 0 Å². The normalized spacial score (nSPS) is 11.3. The van der Waals surface area contributed by atoms with Crippen molar-refractivity contribution in [1.82, 2.24) is 9.78 Å². The van der Waals surface area contributed by atoms with Crippen molar-refractivity contribution in [2.75, 3.05) is 5.32 Å². The number of nitro groups is 1. The standard InChI is InChI=1S/C12H9F3N4O3/c1-18-9(12(13,14)15)6-10(17-18)16-11(20)7-4-2-3-5-8(7)19(21)22/h2-6H,1H3,(H,16,17,20). The van der Waals surface area contributed by atoms with Gasteiger partial charge in [0.05, 0.1) is 4.92 Å². The molecule has 0 unspecified atom stereocenters. The number of aryl methyl sites for hydroxylation is 1. The highest BCUT2D eigenvalue weighted by atomic mass is 19.4. The van der Waals surface area contributed by atoms with Crippen LogP contribution in [0.3, 0.4) is 0 Å². The van der Waals surface area contributed by atoms with Gasteiger partial charge in [0, 0.05) is 19.2 Å². The fraction of sp³-hybridized carbons (Fsp3) is 0.167. The van der Waals surface area contributed by atoms with Crippen LogP contribution in [0.25, 0.3) is 0 Å². The van der Waals surface area contributed by atoms with Gasteiger partial charge in [0.15, 0.2) is 5.82 Å². The maximum atomic E-state index is 12.6. The summed E-state index contributed by atoms with van der Waals surface area (Å²) in [5, 5.41) is 16.4. The number of anilines is 1. The fourth-order valence-electron chi connectivity index (χ4n) is 1.80. The molecule has 0 saturated heterocycles. The van der Waals surface area contributed by atoms with Crippen LogP contribution in [0.4, 0.5) is 24.7 Å². The maximum absolute atomic E-state index is 12.6. The molecular formula is C12H9F3N4O3. The van der Waals surface area contributed by atoms with Gasteiger partial charge in [-0.05, 0) is 6.07 Å². The molecule has 2 aromatic rings. The van der Waals surface area contributed by atoms with Crippen molar-refractivity contribution in [3.8, 4) is 0 Å². The Morgan fingerprint density at radius 1 is 1.36 bits per heavy atom. The molecule has 0 atom stereocenters. The van der Waals surface area contributed by atoms with Crippen molar-refractivity contribution in [3.63, 3.8) is 0 Å². The fourth-order valence-corrected chi connectivity index (χ4v) is 1.80. The van der Waals surface area contributed by atoms with E-state index in [4.69, 9.17) is 0 Å². The first-order valence-corrected chi connectivity index (χ1v) is 5.86. The number of rotatable bonds is 3. The summed E-state index contributed by atoms with van der Waals surface area (Å²) in [6.07, 6.45) is -4.62. The predicted molar refractivity (Wildman–Crippen MR) is 69.3 cm³/mol. The second kappa shape index (κ2) is 5.47. The van der Waals surface area contributed by atoms with E-state index in [0.717, 1.165) is 13.1 Å². The van der Waals surface area contributed by atoms with E-state index >= 15 is 0 Å². The lowest BCUT2D eigenvalue weighted by atomic mass is 10.1. The Labute approximate surface area is 121 Å². The Morgan fingerprint density at radius 3 is 2.55 bits per heavy atom. The first-order chi connectivity index (χ1) is 10.2. The molecule has 7 nitrogen and oxygen atoms in total. The average Bonchev–Trinajstić information content (AvgIpc) is 2.79. The molecule has 1 amide bonds. The van der Waals surface area contributed by atoms with Gasteiger partial charge in [-0.1, -0.05) is 12.1 Å². The molecule has 0 saturated carbocycles. The third-order valence-electron chi connectivity index (χ3n) is 2.76. The largest absolute Gasteiger partial charge is 0.433 e. The number of nitro benzene ring substituents is 1. The van der Waals surface area contributed by atoms with E-state index in [1.807, 2.05) is 0 Å². The van der Waals surface area contributed by atoms with E-state index < -0.39 is 28.4 Å². The minimum atomic E-state index is -4.62. The molecule has 0 aliphatic carbocycles. The Bertz CT molecular complexity index is 739. The third kappa shape index (κ3) is 3.05. The van der Waals surface area contributed by atoms with Crippen LogP contribution in [0.2, 0.25) is 0 Å². The zero-order valence-electron chi connectivity index (χ0n) is 11.1. The molecule has 0 aliphatic heterocycles. The molecule has 1 heterocycles. The summed E-state index contributed by atoms with van der Waals surface area (Å²) in [6.45, 7) is 0. The lowest BCUT2D eigenvalue weighted by molar-refractivity contribution is -0.385. The van der Waals surface area contributed by atoms with E-state index in [9.17, 15) is 28.1 Å². The summed E-state index contributed by atoms with van der Waals surface area (Å²) in [7, 11) is 1.07. The summed E-state index contributed by atoms with van der Waals surface area (Å²) in [5.74, 6) is -1.27. The lowest BCUT2D eigenvalue weighted by Gasteiger charge is -2.04. The van der Waals surface area contributed by atoms with Crippen LogP contribution in [0.5, 0.6) is 0 Å². The molecule has 116 valence electrons. The number of amides is 1.